The second-order valence-electron chi connectivity index (χ2n) is 2.99. The van der Waals surface area contributed by atoms with E-state index in [0.29, 0.717) is 18.1 Å². The second-order valence-corrected chi connectivity index (χ2v) is 2.99. The highest BCUT2D eigenvalue weighted by molar-refractivity contribution is 5.96. The Bertz CT molecular complexity index is 374. The molecule has 1 amide bonds. The van der Waals surface area contributed by atoms with Gasteiger partial charge in [0.2, 0.25) is 5.88 Å². The molecule has 4 nitrogen and oxygen atoms in total. The maximum atomic E-state index is 11.3. The van der Waals surface area contributed by atoms with Gasteiger partial charge in [0.25, 0.3) is 5.91 Å². The smallest absolute Gasteiger partial charge is 0.270 e. The molecule has 0 aliphatic carbocycles. The van der Waals surface area contributed by atoms with Crippen LogP contribution < -0.4 is 10.1 Å². The molecule has 1 aromatic heterocycles. The van der Waals surface area contributed by atoms with Gasteiger partial charge in [-0.2, -0.15) is 0 Å². The van der Waals surface area contributed by atoms with E-state index in [0.717, 1.165) is 11.1 Å². The zero-order valence-corrected chi connectivity index (χ0v) is 7.55. The van der Waals surface area contributed by atoms with Crippen molar-refractivity contribution in [3.05, 3.63) is 22.9 Å². The SMILES string of the molecule is COc1cc(C)c2c(n1)C(=O)NC2. The van der Waals surface area contributed by atoms with E-state index in [9.17, 15) is 4.79 Å². The molecule has 0 radical (unpaired) electrons. The first-order valence-corrected chi connectivity index (χ1v) is 4.05. The number of rotatable bonds is 1. The number of nitrogens with one attached hydrogen (secondary N) is 1. The van der Waals surface area contributed by atoms with Crippen LogP contribution in [-0.2, 0) is 6.54 Å². The summed E-state index contributed by atoms with van der Waals surface area (Å²) in [7, 11) is 1.54. The number of aromatic nitrogens is 1. The van der Waals surface area contributed by atoms with Crippen LogP contribution in [0.15, 0.2) is 6.07 Å². The summed E-state index contributed by atoms with van der Waals surface area (Å²) in [5, 5.41) is 2.72. The van der Waals surface area contributed by atoms with Gasteiger partial charge in [0.1, 0.15) is 5.69 Å². The number of ether oxygens (including phenoxy) is 1. The molecule has 2 rings (SSSR count). The summed E-state index contributed by atoms with van der Waals surface area (Å²) in [4.78, 5) is 15.3. The fraction of sp³-hybridized carbons (Fsp3) is 0.333. The van der Waals surface area contributed by atoms with E-state index >= 15 is 0 Å². The number of pyridine rings is 1. The van der Waals surface area contributed by atoms with E-state index in [-0.39, 0.29) is 5.91 Å². The largest absolute Gasteiger partial charge is 0.481 e. The summed E-state index contributed by atoms with van der Waals surface area (Å²) < 4.78 is 4.98. The Hall–Kier alpha value is -1.58. The molecule has 1 aliphatic heterocycles. The lowest BCUT2D eigenvalue weighted by molar-refractivity contribution is 0.0961. The monoisotopic (exact) mass is 178 g/mol. The molecule has 0 saturated heterocycles. The number of amides is 1. The Kier molecular flexibility index (Phi) is 1.69. The molecule has 13 heavy (non-hydrogen) atoms. The van der Waals surface area contributed by atoms with Crippen LogP contribution in [0.5, 0.6) is 5.88 Å². The number of carbonyl (C=O) groups excluding carboxylic acids is 1. The van der Waals surface area contributed by atoms with Gasteiger partial charge >= 0.3 is 0 Å². The van der Waals surface area contributed by atoms with Crippen LogP contribution in [0.4, 0.5) is 0 Å². The Morgan fingerprint density at radius 3 is 3.08 bits per heavy atom. The zero-order chi connectivity index (χ0) is 9.42. The third-order valence-electron chi connectivity index (χ3n) is 2.17. The lowest BCUT2D eigenvalue weighted by Crippen LogP contribution is -2.13. The van der Waals surface area contributed by atoms with E-state index in [1.165, 1.54) is 0 Å². The van der Waals surface area contributed by atoms with Crippen molar-refractivity contribution < 1.29 is 9.53 Å². The Morgan fingerprint density at radius 2 is 2.38 bits per heavy atom. The third-order valence-corrected chi connectivity index (χ3v) is 2.17. The van der Waals surface area contributed by atoms with Crippen molar-refractivity contribution in [2.24, 2.45) is 0 Å². The van der Waals surface area contributed by atoms with Crippen LogP contribution in [0.3, 0.4) is 0 Å². The predicted molar refractivity (Wildman–Crippen MR) is 46.7 cm³/mol. The highest BCUT2D eigenvalue weighted by Gasteiger charge is 2.23. The molecule has 0 fully saturated rings. The number of hydrogen-bond donors (Lipinski definition) is 1. The average Bonchev–Trinajstić information content (AvgIpc) is 2.48. The van der Waals surface area contributed by atoms with Gasteiger partial charge < -0.3 is 10.1 Å². The molecular formula is C9H10N2O2. The fourth-order valence-electron chi connectivity index (χ4n) is 1.44. The molecule has 68 valence electrons. The molecule has 0 spiro atoms. The Balaban J connectivity index is 2.60. The van der Waals surface area contributed by atoms with Crippen LogP contribution in [0, 0.1) is 6.92 Å². The fourth-order valence-corrected chi connectivity index (χ4v) is 1.44. The second kappa shape index (κ2) is 2.73. The quantitative estimate of drug-likeness (QED) is 0.686. The standard InChI is InChI=1S/C9H10N2O2/c1-5-3-7(13-2)11-8-6(5)4-10-9(8)12/h3H,4H2,1-2H3,(H,10,12). The van der Waals surface area contributed by atoms with Gasteiger partial charge in [-0.25, -0.2) is 4.98 Å². The van der Waals surface area contributed by atoms with Gasteiger partial charge in [-0.05, 0) is 12.5 Å². The number of aryl methyl sites for hydroxylation is 1. The van der Waals surface area contributed by atoms with Crippen LogP contribution in [-0.4, -0.2) is 18.0 Å². The van der Waals surface area contributed by atoms with Crippen molar-refractivity contribution in [1.29, 1.82) is 0 Å². The van der Waals surface area contributed by atoms with E-state index in [2.05, 4.69) is 10.3 Å². The van der Waals surface area contributed by atoms with Crippen molar-refractivity contribution in [2.45, 2.75) is 13.5 Å². The summed E-state index contributed by atoms with van der Waals surface area (Å²) in [6.45, 7) is 2.53. The van der Waals surface area contributed by atoms with Crippen molar-refractivity contribution in [1.82, 2.24) is 10.3 Å². The number of fused-ring (bicyclic) bond motifs is 1. The maximum absolute atomic E-state index is 11.3. The number of nitrogens with zero attached hydrogens (tertiary/aromatic N) is 1. The third kappa shape index (κ3) is 1.14. The minimum atomic E-state index is -0.114. The molecule has 0 bridgehead atoms. The van der Waals surface area contributed by atoms with E-state index in [1.807, 2.05) is 13.0 Å². The number of methoxy groups -OCH3 is 1. The highest BCUT2D eigenvalue weighted by atomic mass is 16.5. The minimum Gasteiger partial charge on any atom is -0.481 e. The zero-order valence-electron chi connectivity index (χ0n) is 7.55. The van der Waals surface area contributed by atoms with Gasteiger partial charge in [0.15, 0.2) is 0 Å². The van der Waals surface area contributed by atoms with Gasteiger partial charge in [-0.15, -0.1) is 0 Å². The molecule has 0 atom stereocenters. The summed E-state index contributed by atoms with van der Waals surface area (Å²) in [6, 6.07) is 1.83. The molecule has 0 saturated carbocycles. The summed E-state index contributed by atoms with van der Waals surface area (Å²) >= 11 is 0. The molecular weight excluding hydrogens is 168 g/mol. The predicted octanol–water partition coefficient (Wildman–Crippen LogP) is 0.642. The topological polar surface area (TPSA) is 51.2 Å². The summed E-state index contributed by atoms with van der Waals surface area (Å²) in [5.74, 6) is 0.380. The average molecular weight is 178 g/mol. The van der Waals surface area contributed by atoms with E-state index in [4.69, 9.17) is 4.74 Å². The van der Waals surface area contributed by atoms with Gasteiger partial charge in [-0.1, -0.05) is 0 Å². The molecule has 4 heteroatoms. The Morgan fingerprint density at radius 1 is 1.62 bits per heavy atom. The molecule has 0 unspecified atom stereocenters. The first kappa shape index (κ1) is 8.04. The van der Waals surface area contributed by atoms with Gasteiger partial charge in [0.05, 0.1) is 7.11 Å². The van der Waals surface area contributed by atoms with E-state index in [1.54, 1.807) is 7.11 Å². The van der Waals surface area contributed by atoms with Crippen LogP contribution >= 0.6 is 0 Å². The van der Waals surface area contributed by atoms with Crippen LogP contribution in [0.2, 0.25) is 0 Å². The van der Waals surface area contributed by atoms with Crippen molar-refractivity contribution in [3.8, 4) is 5.88 Å². The van der Waals surface area contributed by atoms with Gasteiger partial charge in [-0.3, -0.25) is 4.79 Å². The lowest BCUT2D eigenvalue weighted by Gasteiger charge is -2.03. The van der Waals surface area contributed by atoms with Crippen LogP contribution in [0.25, 0.3) is 0 Å². The number of carbonyl (C=O) groups is 1. The molecule has 1 aromatic rings. The van der Waals surface area contributed by atoms with Crippen LogP contribution in [0.1, 0.15) is 21.6 Å². The highest BCUT2D eigenvalue weighted by Crippen LogP contribution is 2.21. The van der Waals surface area contributed by atoms with Crippen molar-refractivity contribution in [2.75, 3.05) is 7.11 Å². The van der Waals surface area contributed by atoms with Crippen molar-refractivity contribution >= 4 is 5.91 Å². The molecule has 1 N–H and O–H groups in total. The first-order valence-electron chi connectivity index (χ1n) is 4.05. The number of hydrogen-bond acceptors (Lipinski definition) is 3. The first-order chi connectivity index (χ1) is 6.22. The summed E-state index contributed by atoms with van der Waals surface area (Å²) in [6.07, 6.45) is 0. The summed E-state index contributed by atoms with van der Waals surface area (Å²) in [5.41, 5.74) is 2.52. The normalized spacial score (nSPS) is 13.8. The van der Waals surface area contributed by atoms with Gasteiger partial charge in [0, 0.05) is 18.2 Å². The molecule has 2 heterocycles. The minimum absolute atomic E-state index is 0.114. The molecule has 0 aromatic carbocycles. The lowest BCUT2D eigenvalue weighted by atomic mass is 10.1. The maximum Gasteiger partial charge on any atom is 0.270 e. The Labute approximate surface area is 75.9 Å². The van der Waals surface area contributed by atoms with E-state index < -0.39 is 0 Å². The van der Waals surface area contributed by atoms with Crippen molar-refractivity contribution in [3.63, 3.8) is 0 Å². The molecule has 1 aliphatic rings.